The van der Waals surface area contributed by atoms with E-state index in [1.54, 1.807) is 0 Å². The highest BCUT2D eigenvalue weighted by Gasteiger charge is 2.31. The monoisotopic (exact) mass is 344 g/mol. The minimum atomic E-state index is -1.26. The molecular formula is C19H24N2O4. The number of carboxylic acids is 2. The van der Waals surface area contributed by atoms with Gasteiger partial charge in [-0.2, -0.15) is 0 Å². The fraction of sp³-hybridized carbons (Fsp3) is 0.368. The third kappa shape index (κ3) is 5.46. The second-order valence-electron chi connectivity index (χ2n) is 6.35. The van der Waals surface area contributed by atoms with E-state index in [0.717, 1.165) is 11.7 Å². The Balaban J connectivity index is 0.000000242. The zero-order valence-electron chi connectivity index (χ0n) is 14.3. The van der Waals surface area contributed by atoms with Crippen molar-refractivity contribution in [2.45, 2.75) is 37.8 Å². The Morgan fingerprint density at radius 3 is 2.44 bits per heavy atom. The Morgan fingerprint density at radius 2 is 1.88 bits per heavy atom. The van der Waals surface area contributed by atoms with Gasteiger partial charge in [0.1, 0.15) is 0 Å². The standard InChI is InChI=1S/C15H20N2.C4H4O4/c1-17-14-6-3-7-15(17)10-12(9-14)11-4-2-5-13(16)8-11;5-3(6)1-2-4(7)8/h2,4-5,8-9,14-15H,3,6-7,10,16H2,1H3;1-2H,(H,5,6)(H,7,8)/b;2-1+. The van der Waals surface area contributed by atoms with Gasteiger partial charge < -0.3 is 15.9 Å². The smallest absolute Gasteiger partial charge is 0.328 e. The molecule has 2 aliphatic rings. The van der Waals surface area contributed by atoms with E-state index < -0.39 is 11.9 Å². The van der Waals surface area contributed by atoms with Crippen LogP contribution >= 0.6 is 0 Å². The van der Waals surface area contributed by atoms with Crippen molar-refractivity contribution in [2.24, 2.45) is 0 Å². The number of nitrogens with zero attached hydrogens (tertiary/aromatic N) is 1. The maximum Gasteiger partial charge on any atom is 0.328 e. The number of rotatable bonds is 3. The van der Waals surface area contributed by atoms with Crippen LogP contribution in [0, 0.1) is 0 Å². The molecule has 2 aliphatic heterocycles. The third-order valence-electron chi connectivity index (χ3n) is 4.61. The largest absolute Gasteiger partial charge is 0.478 e. The molecule has 1 fully saturated rings. The average molecular weight is 344 g/mol. The van der Waals surface area contributed by atoms with Crippen LogP contribution in [0.15, 0.2) is 42.5 Å². The van der Waals surface area contributed by atoms with Crippen molar-refractivity contribution in [3.8, 4) is 0 Å². The van der Waals surface area contributed by atoms with E-state index in [4.69, 9.17) is 15.9 Å². The van der Waals surface area contributed by atoms with Crippen LogP contribution in [0.3, 0.4) is 0 Å². The summed E-state index contributed by atoms with van der Waals surface area (Å²) in [4.78, 5) is 21.6. The highest BCUT2D eigenvalue weighted by Crippen LogP contribution is 2.36. The number of likely N-dealkylation sites (N-methyl/N-ethyl adjacent to an activating group) is 1. The average Bonchev–Trinajstić information content (AvgIpc) is 2.53. The van der Waals surface area contributed by atoms with Crippen molar-refractivity contribution in [1.82, 2.24) is 4.90 Å². The number of anilines is 1. The summed E-state index contributed by atoms with van der Waals surface area (Å²) in [5.74, 6) is -2.51. The molecule has 1 aromatic rings. The van der Waals surface area contributed by atoms with E-state index in [0.29, 0.717) is 18.2 Å². The Morgan fingerprint density at radius 1 is 1.20 bits per heavy atom. The van der Waals surface area contributed by atoms with Gasteiger partial charge in [0.15, 0.2) is 0 Å². The van der Waals surface area contributed by atoms with Crippen molar-refractivity contribution in [3.63, 3.8) is 0 Å². The molecule has 2 heterocycles. The number of nitrogen functional groups attached to an aromatic ring is 1. The predicted molar refractivity (Wildman–Crippen MR) is 97.1 cm³/mol. The van der Waals surface area contributed by atoms with Crippen LogP contribution in [0.1, 0.15) is 31.2 Å². The van der Waals surface area contributed by atoms with E-state index in [-0.39, 0.29) is 0 Å². The molecule has 0 amide bonds. The molecule has 134 valence electrons. The lowest BCUT2D eigenvalue weighted by Crippen LogP contribution is -2.45. The third-order valence-corrected chi connectivity index (χ3v) is 4.61. The molecule has 6 nitrogen and oxygen atoms in total. The van der Waals surface area contributed by atoms with Gasteiger partial charge in [0, 0.05) is 29.9 Å². The minimum absolute atomic E-state index is 0.558. The van der Waals surface area contributed by atoms with Gasteiger partial charge in [0.25, 0.3) is 0 Å². The van der Waals surface area contributed by atoms with Crippen molar-refractivity contribution in [1.29, 1.82) is 0 Å². The lowest BCUT2D eigenvalue weighted by Gasteiger charge is -2.42. The molecule has 2 atom stereocenters. The van der Waals surface area contributed by atoms with Crippen molar-refractivity contribution in [2.75, 3.05) is 12.8 Å². The maximum atomic E-state index is 9.55. The molecule has 2 bridgehead atoms. The minimum Gasteiger partial charge on any atom is -0.478 e. The number of hydrogen-bond acceptors (Lipinski definition) is 4. The van der Waals surface area contributed by atoms with E-state index >= 15 is 0 Å². The summed E-state index contributed by atoms with van der Waals surface area (Å²) in [6.07, 6.45) is 8.76. The van der Waals surface area contributed by atoms with Crippen molar-refractivity contribution < 1.29 is 19.8 Å². The molecule has 3 rings (SSSR count). The molecule has 1 aromatic carbocycles. The zero-order valence-corrected chi connectivity index (χ0v) is 14.3. The lowest BCUT2D eigenvalue weighted by atomic mass is 9.83. The Labute approximate surface area is 147 Å². The second-order valence-corrected chi connectivity index (χ2v) is 6.35. The molecule has 1 saturated heterocycles. The van der Waals surface area contributed by atoms with Gasteiger partial charge in [-0.15, -0.1) is 0 Å². The van der Waals surface area contributed by atoms with Crippen molar-refractivity contribution in [3.05, 3.63) is 48.1 Å². The molecule has 2 unspecified atom stereocenters. The fourth-order valence-corrected chi connectivity index (χ4v) is 3.34. The lowest BCUT2D eigenvalue weighted by molar-refractivity contribution is -0.134. The first-order chi connectivity index (χ1) is 11.9. The summed E-state index contributed by atoms with van der Waals surface area (Å²) in [6.45, 7) is 0. The molecule has 0 saturated carbocycles. The van der Waals surface area contributed by atoms with E-state index in [2.05, 4.69) is 36.2 Å². The molecule has 0 spiro atoms. The van der Waals surface area contributed by atoms with Gasteiger partial charge in [-0.1, -0.05) is 24.6 Å². The summed E-state index contributed by atoms with van der Waals surface area (Å²) in [5.41, 5.74) is 9.54. The van der Waals surface area contributed by atoms with Crippen LogP contribution in [0.2, 0.25) is 0 Å². The van der Waals surface area contributed by atoms with Crippen LogP contribution in [0.5, 0.6) is 0 Å². The van der Waals surface area contributed by atoms with Gasteiger partial charge >= 0.3 is 11.9 Å². The SMILES string of the molecule is CN1C2C=C(c3cccc(N)c3)CC1CCC2.O=C(O)/C=C/C(=O)O. The van der Waals surface area contributed by atoms with Crippen LogP contribution in [-0.2, 0) is 9.59 Å². The topological polar surface area (TPSA) is 104 Å². The molecule has 4 N–H and O–H groups in total. The number of aliphatic carboxylic acids is 2. The highest BCUT2D eigenvalue weighted by molar-refractivity contribution is 5.89. The molecule has 0 aliphatic carbocycles. The number of benzene rings is 1. The van der Waals surface area contributed by atoms with Crippen molar-refractivity contribution >= 4 is 23.2 Å². The fourth-order valence-electron chi connectivity index (χ4n) is 3.34. The van der Waals surface area contributed by atoms with E-state index in [9.17, 15) is 9.59 Å². The van der Waals surface area contributed by atoms with Gasteiger partial charge in [-0.25, -0.2) is 9.59 Å². The first-order valence-electron chi connectivity index (χ1n) is 8.29. The molecular weight excluding hydrogens is 320 g/mol. The van der Waals surface area contributed by atoms with Crippen LogP contribution in [0.4, 0.5) is 5.69 Å². The normalized spacial score (nSPS) is 22.7. The number of fused-ring (bicyclic) bond motifs is 2. The summed E-state index contributed by atoms with van der Waals surface area (Å²) < 4.78 is 0. The maximum absolute atomic E-state index is 9.55. The first-order valence-corrected chi connectivity index (χ1v) is 8.29. The first kappa shape index (κ1) is 18.7. The number of carboxylic acid groups (broad SMARTS) is 2. The Bertz CT molecular complexity index is 680. The summed E-state index contributed by atoms with van der Waals surface area (Å²) >= 11 is 0. The number of hydrogen-bond donors (Lipinski definition) is 3. The highest BCUT2D eigenvalue weighted by atomic mass is 16.4. The summed E-state index contributed by atoms with van der Waals surface area (Å²) in [7, 11) is 2.27. The quantitative estimate of drug-likeness (QED) is 0.575. The molecule has 0 radical (unpaired) electrons. The van der Waals surface area contributed by atoms with Crippen LogP contribution in [-0.4, -0.2) is 46.2 Å². The van der Waals surface area contributed by atoms with Gasteiger partial charge in [-0.05, 0) is 49.6 Å². The van der Waals surface area contributed by atoms with Gasteiger partial charge in [-0.3, -0.25) is 4.90 Å². The summed E-state index contributed by atoms with van der Waals surface area (Å²) in [6, 6.07) is 9.67. The molecule has 0 aromatic heterocycles. The van der Waals surface area contributed by atoms with E-state index in [1.165, 1.54) is 36.8 Å². The summed E-state index contributed by atoms with van der Waals surface area (Å²) in [5, 5.41) is 15.6. The predicted octanol–water partition coefficient (Wildman–Crippen LogP) is 2.62. The Hall–Kier alpha value is -2.60. The zero-order chi connectivity index (χ0) is 18.4. The number of carbonyl (C=O) groups is 2. The van der Waals surface area contributed by atoms with Gasteiger partial charge in [0.05, 0.1) is 0 Å². The van der Waals surface area contributed by atoms with E-state index in [1.807, 2.05) is 6.07 Å². The Kier molecular flexibility index (Phi) is 6.36. The molecule has 25 heavy (non-hydrogen) atoms. The van der Waals surface area contributed by atoms with Crippen LogP contribution in [0.25, 0.3) is 5.57 Å². The second kappa shape index (κ2) is 8.48. The number of piperidine rings is 1. The molecule has 6 heteroatoms. The van der Waals surface area contributed by atoms with Gasteiger partial charge in [0.2, 0.25) is 0 Å². The number of nitrogens with two attached hydrogens (primary N) is 1. The van der Waals surface area contributed by atoms with Crippen LogP contribution < -0.4 is 5.73 Å².